The van der Waals surface area contributed by atoms with Crippen molar-refractivity contribution in [2.24, 2.45) is 0 Å². The second kappa shape index (κ2) is 9.96. The predicted octanol–water partition coefficient (Wildman–Crippen LogP) is 5.26. The van der Waals surface area contributed by atoms with E-state index in [0.717, 1.165) is 23.2 Å². The fraction of sp³-hybridized carbons (Fsp3) is 0.333. The predicted molar refractivity (Wildman–Crippen MR) is 114 cm³/mol. The SMILES string of the molecule is CCOc1cc(-c2nc(C(CC=O)c3ccccc3OC(C)C)co2)ccc1OC. The fourth-order valence-electron chi connectivity index (χ4n) is 3.29. The van der Waals surface area contributed by atoms with Gasteiger partial charge in [0, 0.05) is 23.5 Å². The van der Waals surface area contributed by atoms with Gasteiger partial charge >= 0.3 is 0 Å². The molecule has 0 amide bonds. The van der Waals surface area contributed by atoms with Gasteiger partial charge < -0.3 is 23.4 Å². The number of rotatable bonds is 10. The van der Waals surface area contributed by atoms with Gasteiger partial charge in [0.15, 0.2) is 11.5 Å². The van der Waals surface area contributed by atoms with Crippen LogP contribution >= 0.6 is 0 Å². The fourth-order valence-corrected chi connectivity index (χ4v) is 3.29. The van der Waals surface area contributed by atoms with E-state index in [1.807, 2.05) is 63.2 Å². The standard InChI is InChI=1S/C24H27NO5/c1-5-28-23-14-17(10-11-22(23)27-4)24-25-20(15-29-24)18(12-13-26)19-8-6-7-9-21(19)30-16(2)3/h6-11,13-16,18H,5,12H2,1-4H3. The number of aldehydes is 1. The lowest BCUT2D eigenvalue weighted by molar-refractivity contribution is -0.108. The van der Waals surface area contributed by atoms with Gasteiger partial charge in [-0.25, -0.2) is 4.98 Å². The molecule has 0 N–H and O–H groups in total. The number of hydrogen-bond donors (Lipinski definition) is 0. The molecule has 0 saturated heterocycles. The van der Waals surface area contributed by atoms with Gasteiger partial charge in [-0.2, -0.15) is 0 Å². The maximum atomic E-state index is 11.4. The zero-order valence-electron chi connectivity index (χ0n) is 17.8. The summed E-state index contributed by atoms with van der Waals surface area (Å²) in [7, 11) is 1.60. The van der Waals surface area contributed by atoms with Crippen molar-refractivity contribution in [3.8, 4) is 28.7 Å². The van der Waals surface area contributed by atoms with E-state index in [1.165, 1.54) is 0 Å². The first-order valence-electron chi connectivity index (χ1n) is 10.0. The topological polar surface area (TPSA) is 70.8 Å². The highest BCUT2D eigenvalue weighted by Gasteiger charge is 2.23. The molecule has 0 aliphatic carbocycles. The van der Waals surface area contributed by atoms with Crippen LogP contribution < -0.4 is 14.2 Å². The minimum Gasteiger partial charge on any atom is -0.493 e. The summed E-state index contributed by atoms with van der Waals surface area (Å²) in [6, 6.07) is 13.2. The van der Waals surface area contributed by atoms with Gasteiger partial charge in [-0.15, -0.1) is 0 Å². The van der Waals surface area contributed by atoms with Crippen molar-refractivity contribution in [3.05, 3.63) is 60.0 Å². The summed E-state index contributed by atoms with van der Waals surface area (Å²) in [5.41, 5.74) is 2.34. The minimum absolute atomic E-state index is 0.0205. The number of aromatic nitrogens is 1. The molecule has 1 unspecified atom stereocenters. The van der Waals surface area contributed by atoms with Crippen LogP contribution in [0.15, 0.2) is 53.1 Å². The van der Waals surface area contributed by atoms with Crippen molar-refractivity contribution in [1.82, 2.24) is 4.98 Å². The summed E-state index contributed by atoms with van der Waals surface area (Å²) in [5, 5.41) is 0. The molecule has 6 nitrogen and oxygen atoms in total. The minimum atomic E-state index is -0.264. The zero-order chi connectivity index (χ0) is 21.5. The van der Waals surface area contributed by atoms with E-state index < -0.39 is 0 Å². The van der Waals surface area contributed by atoms with Crippen LogP contribution in [0.5, 0.6) is 17.2 Å². The molecule has 0 fully saturated rings. The van der Waals surface area contributed by atoms with E-state index in [9.17, 15) is 4.79 Å². The number of hydrogen-bond acceptors (Lipinski definition) is 6. The van der Waals surface area contributed by atoms with E-state index in [0.29, 0.717) is 29.7 Å². The molecule has 1 atom stereocenters. The molecule has 1 heterocycles. The maximum absolute atomic E-state index is 11.4. The molecule has 0 spiro atoms. The van der Waals surface area contributed by atoms with Crippen molar-refractivity contribution >= 4 is 6.29 Å². The molecule has 0 saturated carbocycles. The molecule has 0 radical (unpaired) electrons. The Morgan fingerprint density at radius 3 is 2.60 bits per heavy atom. The van der Waals surface area contributed by atoms with Gasteiger partial charge in [0.05, 0.1) is 25.5 Å². The number of oxazole rings is 1. The molecule has 30 heavy (non-hydrogen) atoms. The first-order chi connectivity index (χ1) is 14.6. The van der Waals surface area contributed by atoms with Crippen molar-refractivity contribution in [1.29, 1.82) is 0 Å². The normalized spacial score (nSPS) is 11.9. The Kier molecular flexibility index (Phi) is 7.12. The second-order valence-electron chi connectivity index (χ2n) is 7.04. The number of ether oxygens (including phenoxy) is 3. The Hall–Kier alpha value is -3.28. The smallest absolute Gasteiger partial charge is 0.226 e. The van der Waals surface area contributed by atoms with Crippen LogP contribution in [0.25, 0.3) is 11.5 Å². The van der Waals surface area contributed by atoms with Crippen molar-refractivity contribution < 1.29 is 23.4 Å². The van der Waals surface area contributed by atoms with Crippen molar-refractivity contribution in [2.45, 2.75) is 39.2 Å². The summed E-state index contributed by atoms with van der Waals surface area (Å²) in [4.78, 5) is 16.1. The van der Waals surface area contributed by atoms with Crippen LogP contribution in [0.1, 0.15) is 44.4 Å². The van der Waals surface area contributed by atoms with E-state index in [-0.39, 0.29) is 18.4 Å². The van der Waals surface area contributed by atoms with Gasteiger partial charge in [-0.1, -0.05) is 18.2 Å². The summed E-state index contributed by atoms with van der Waals surface area (Å²) in [6.45, 7) is 6.37. The zero-order valence-corrected chi connectivity index (χ0v) is 17.8. The van der Waals surface area contributed by atoms with E-state index in [4.69, 9.17) is 18.6 Å². The third-order valence-corrected chi connectivity index (χ3v) is 4.58. The van der Waals surface area contributed by atoms with Crippen LogP contribution in [-0.2, 0) is 4.79 Å². The highest BCUT2D eigenvalue weighted by atomic mass is 16.5. The third-order valence-electron chi connectivity index (χ3n) is 4.58. The highest BCUT2D eigenvalue weighted by molar-refractivity contribution is 5.61. The average molecular weight is 409 g/mol. The van der Waals surface area contributed by atoms with Gasteiger partial charge in [-0.3, -0.25) is 0 Å². The monoisotopic (exact) mass is 409 g/mol. The number of para-hydroxylation sites is 1. The Balaban J connectivity index is 1.97. The van der Waals surface area contributed by atoms with Crippen LogP contribution in [0.3, 0.4) is 0 Å². The molecule has 0 aliphatic rings. The van der Waals surface area contributed by atoms with Gasteiger partial charge in [0.1, 0.15) is 18.3 Å². The van der Waals surface area contributed by atoms with Gasteiger partial charge in [0.2, 0.25) is 5.89 Å². The quantitative estimate of drug-likeness (QED) is 0.426. The molecule has 3 rings (SSSR count). The Labute approximate surface area is 176 Å². The van der Waals surface area contributed by atoms with Gasteiger partial charge in [-0.05, 0) is 45.0 Å². The molecule has 3 aromatic rings. The molecule has 158 valence electrons. The lowest BCUT2D eigenvalue weighted by Gasteiger charge is -2.18. The molecular weight excluding hydrogens is 382 g/mol. The second-order valence-corrected chi connectivity index (χ2v) is 7.04. The first-order valence-corrected chi connectivity index (χ1v) is 10.0. The molecule has 0 aliphatic heterocycles. The Morgan fingerprint density at radius 2 is 1.90 bits per heavy atom. The number of carbonyl (C=O) groups excluding carboxylic acids is 1. The number of methoxy groups -OCH3 is 1. The Morgan fingerprint density at radius 1 is 1.10 bits per heavy atom. The lowest BCUT2D eigenvalue weighted by atomic mass is 9.92. The molecule has 2 aromatic carbocycles. The largest absolute Gasteiger partial charge is 0.493 e. The summed E-state index contributed by atoms with van der Waals surface area (Å²) in [6.07, 6.45) is 2.79. The van der Waals surface area contributed by atoms with Gasteiger partial charge in [0.25, 0.3) is 0 Å². The first kappa shape index (κ1) is 21.4. The molecule has 0 bridgehead atoms. The van der Waals surface area contributed by atoms with Crippen molar-refractivity contribution in [3.63, 3.8) is 0 Å². The van der Waals surface area contributed by atoms with E-state index >= 15 is 0 Å². The molecule has 6 heteroatoms. The van der Waals surface area contributed by atoms with Crippen LogP contribution in [0.4, 0.5) is 0 Å². The Bertz CT molecular complexity index is 979. The van der Waals surface area contributed by atoms with Crippen LogP contribution in [-0.4, -0.2) is 31.1 Å². The summed E-state index contributed by atoms with van der Waals surface area (Å²) in [5.74, 6) is 2.20. The van der Waals surface area contributed by atoms with Crippen molar-refractivity contribution in [2.75, 3.05) is 13.7 Å². The third kappa shape index (κ3) is 4.82. The lowest BCUT2D eigenvalue weighted by Crippen LogP contribution is -2.10. The summed E-state index contributed by atoms with van der Waals surface area (Å²) < 4.78 is 22.7. The number of benzene rings is 2. The number of carbonyl (C=O) groups is 1. The number of nitrogens with zero attached hydrogens (tertiary/aromatic N) is 1. The van der Waals surface area contributed by atoms with Crippen LogP contribution in [0.2, 0.25) is 0 Å². The van der Waals surface area contributed by atoms with E-state index in [2.05, 4.69) is 4.98 Å². The van der Waals surface area contributed by atoms with Crippen LogP contribution in [0, 0.1) is 0 Å². The molecule has 1 aromatic heterocycles. The average Bonchev–Trinajstić information content (AvgIpc) is 3.22. The van der Waals surface area contributed by atoms with E-state index in [1.54, 1.807) is 13.4 Å². The highest BCUT2D eigenvalue weighted by Crippen LogP contribution is 2.37. The molecular formula is C24H27NO5. The summed E-state index contributed by atoms with van der Waals surface area (Å²) >= 11 is 0. The maximum Gasteiger partial charge on any atom is 0.226 e.